The summed E-state index contributed by atoms with van der Waals surface area (Å²) in [5.41, 5.74) is 1.31. The normalized spacial score (nSPS) is 11.8. The predicted molar refractivity (Wildman–Crippen MR) is 96.5 cm³/mol. The molecule has 0 aliphatic rings. The zero-order valence-corrected chi connectivity index (χ0v) is 15.1. The lowest BCUT2D eigenvalue weighted by molar-refractivity contribution is 0.191. The molecule has 4 heteroatoms. The second-order valence-corrected chi connectivity index (χ2v) is 7.93. The molecular formula is C17H28O2S2. The van der Waals surface area contributed by atoms with Crippen molar-refractivity contribution in [3.05, 3.63) is 29.8 Å². The summed E-state index contributed by atoms with van der Waals surface area (Å²) in [4.78, 5) is 0. The van der Waals surface area contributed by atoms with Crippen LogP contribution in [-0.4, -0.2) is 35.4 Å². The van der Waals surface area contributed by atoms with Crippen molar-refractivity contribution in [2.24, 2.45) is 0 Å². The van der Waals surface area contributed by atoms with Crippen molar-refractivity contribution in [2.45, 2.75) is 42.6 Å². The Bertz CT molecular complexity index is 375. The van der Waals surface area contributed by atoms with Crippen LogP contribution < -0.4 is 0 Å². The van der Waals surface area contributed by atoms with Crippen LogP contribution in [0.2, 0.25) is 0 Å². The lowest BCUT2D eigenvalue weighted by atomic mass is 10.0. The average molecular weight is 329 g/mol. The van der Waals surface area contributed by atoms with Crippen molar-refractivity contribution in [3.8, 4) is 5.75 Å². The molecule has 0 fully saturated rings. The number of aromatic hydroxyl groups is 1. The molecule has 0 bridgehead atoms. The molecule has 2 nitrogen and oxygen atoms in total. The Balaban J connectivity index is 2.26. The molecule has 0 aliphatic carbocycles. The van der Waals surface area contributed by atoms with E-state index in [1.807, 2.05) is 35.7 Å². The maximum Gasteiger partial charge on any atom is 0.115 e. The van der Waals surface area contributed by atoms with E-state index >= 15 is 0 Å². The zero-order valence-electron chi connectivity index (χ0n) is 13.4. The number of ether oxygens (including phenoxy) is 1. The van der Waals surface area contributed by atoms with Crippen LogP contribution in [0.5, 0.6) is 5.75 Å². The fourth-order valence-corrected chi connectivity index (χ4v) is 4.38. The Morgan fingerprint density at radius 2 is 1.67 bits per heavy atom. The number of phenolic OH excluding ortho intramolecular Hbond substituents is 1. The van der Waals surface area contributed by atoms with E-state index in [4.69, 9.17) is 4.74 Å². The monoisotopic (exact) mass is 328 g/mol. The van der Waals surface area contributed by atoms with E-state index in [9.17, 15) is 5.11 Å². The average Bonchev–Trinajstić information content (AvgIpc) is 2.52. The number of hydrogen-bond acceptors (Lipinski definition) is 4. The summed E-state index contributed by atoms with van der Waals surface area (Å²) in [6.45, 7) is 0.842. The first-order valence-electron chi connectivity index (χ1n) is 7.53. The molecule has 0 atom stereocenters. The summed E-state index contributed by atoms with van der Waals surface area (Å²) in [6.07, 6.45) is 11.6. The second kappa shape index (κ2) is 10.4. The summed E-state index contributed by atoms with van der Waals surface area (Å²) in [7, 11) is 1.78. The quantitative estimate of drug-likeness (QED) is 0.459. The van der Waals surface area contributed by atoms with Crippen molar-refractivity contribution in [2.75, 3.05) is 26.2 Å². The summed E-state index contributed by atoms with van der Waals surface area (Å²) in [5.74, 6) is 0.349. The first-order valence-corrected chi connectivity index (χ1v) is 9.98. The van der Waals surface area contributed by atoms with Crippen LogP contribution in [-0.2, 0) is 11.2 Å². The molecule has 0 heterocycles. The van der Waals surface area contributed by atoms with Gasteiger partial charge in [-0.05, 0) is 55.9 Å². The van der Waals surface area contributed by atoms with Gasteiger partial charge in [0.25, 0.3) is 0 Å². The number of methoxy groups -OCH3 is 1. The Labute approximate surface area is 138 Å². The Hall–Kier alpha value is -0.320. The lowest BCUT2D eigenvalue weighted by Gasteiger charge is -2.30. The van der Waals surface area contributed by atoms with E-state index < -0.39 is 0 Å². The van der Waals surface area contributed by atoms with Crippen molar-refractivity contribution >= 4 is 23.5 Å². The van der Waals surface area contributed by atoms with Crippen LogP contribution in [0.15, 0.2) is 24.3 Å². The third-order valence-electron chi connectivity index (χ3n) is 3.89. The molecule has 0 saturated carbocycles. The van der Waals surface area contributed by atoms with Crippen molar-refractivity contribution in [1.29, 1.82) is 0 Å². The highest BCUT2D eigenvalue weighted by Crippen LogP contribution is 2.41. The number of thioether (sulfide) groups is 2. The van der Waals surface area contributed by atoms with Gasteiger partial charge in [-0.3, -0.25) is 0 Å². The Morgan fingerprint density at radius 1 is 1.00 bits per heavy atom. The molecule has 0 radical (unpaired) electrons. The van der Waals surface area contributed by atoms with Gasteiger partial charge in [0.15, 0.2) is 0 Å². The first kappa shape index (κ1) is 18.7. The van der Waals surface area contributed by atoms with Gasteiger partial charge < -0.3 is 9.84 Å². The molecule has 120 valence electrons. The third kappa shape index (κ3) is 6.98. The maximum absolute atomic E-state index is 9.27. The number of phenols is 1. The van der Waals surface area contributed by atoms with Crippen LogP contribution in [0, 0.1) is 0 Å². The van der Waals surface area contributed by atoms with Gasteiger partial charge in [0.05, 0.1) is 4.08 Å². The van der Waals surface area contributed by atoms with E-state index in [0.717, 1.165) is 19.4 Å². The number of rotatable bonds is 11. The number of benzene rings is 1. The molecule has 1 aromatic rings. The highest BCUT2D eigenvalue weighted by molar-refractivity contribution is 8.17. The molecule has 1 N–H and O–H groups in total. The molecule has 0 aromatic heterocycles. The van der Waals surface area contributed by atoms with Gasteiger partial charge in [-0.25, -0.2) is 0 Å². The lowest BCUT2D eigenvalue weighted by Crippen LogP contribution is -2.21. The van der Waals surface area contributed by atoms with Gasteiger partial charge in [0, 0.05) is 13.7 Å². The minimum absolute atomic E-state index is 0.314. The Kier molecular flexibility index (Phi) is 9.29. The smallest absolute Gasteiger partial charge is 0.115 e. The molecular weight excluding hydrogens is 300 g/mol. The van der Waals surface area contributed by atoms with E-state index in [0.29, 0.717) is 9.83 Å². The van der Waals surface area contributed by atoms with Gasteiger partial charge in [-0.15, -0.1) is 23.5 Å². The molecule has 0 saturated heterocycles. The van der Waals surface area contributed by atoms with Crippen LogP contribution in [0.4, 0.5) is 0 Å². The predicted octanol–water partition coefficient (Wildman–Crippen LogP) is 4.95. The molecule has 21 heavy (non-hydrogen) atoms. The minimum atomic E-state index is 0.314. The second-order valence-electron chi connectivity index (χ2n) is 5.29. The third-order valence-corrected chi connectivity index (χ3v) is 7.20. The van der Waals surface area contributed by atoms with Gasteiger partial charge in [-0.1, -0.05) is 25.0 Å². The fraction of sp³-hybridized carbons (Fsp3) is 0.647. The van der Waals surface area contributed by atoms with E-state index in [1.165, 1.54) is 31.2 Å². The summed E-state index contributed by atoms with van der Waals surface area (Å²) < 4.78 is 5.56. The van der Waals surface area contributed by atoms with Crippen molar-refractivity contribution in [1.82, 2.24) is 0 Å². The maximum atomic E-state index is 9.27. The molecule has 0 unspecified atom stereocenters. The Morgan fingerprint density at radius 3 is 2.24 bits per heavy atom. The van der Waals surface area contributed by atoms with Gasteiger partial charge >= 0.3 is 0 Å². The number of aryl methyl sites for hydroxylation is 1. The van der Waals surface area contributed by atoms with Gasteiger partial charge in [-0.2, -0.15) is 0 Å². The summed E-state index contributed by atoms with van der Waals surface area (Å²) in [6, 6.07) is 7.57. The first-order chi connectivity index (χ1) is 10.2. The van der Waals surface area contributed by atoms with E-state index in [2.05, 4.69) is 12.5 Å². The SMILES string of the molecule is COCCC(CCCCCc1ccc(O)cc1)(SC)SC. The minimum Gasteiger partial charge on any atom is -0.508 e. The molecule has 1 aromatic carbocycles. The number of unbranched alkanes of at least 4 members (excludes halogenated alkanes) is 2. The standard InChI is InChI=1S/C17H28O2S2/c1-19-14-13-17(20-2,21-3)12-6-4-5-7-15-8-10-16(18)11-9-15/h8-11,18H,4-7,12-14H2,1-3H3. The van der Waals surface area contributed by atoms with Crippen LogP contribution in [0.3, 0.4) is 0 Å². The molecule has 0 spiro atoms. The van der Waals surface area contributed by atoms with Gasteiger partial charge in [0.2, 0.25) is 0 Å². The van der Waals surface area contributed by atoms with Crippen LogP contribution >= 0.6 is 23.5 Å². The number of hydrogen-bond donors (Lipinski definition) is 1. The van der Waals surface area contributed by atoms with Crippen LogP contribution in [0.25, 0.3) is 0 Å². The highest BCUT2D eigenvalue weighted by atomic mass is 32.2. The van der Waals surface area contributed by atoms with Crippen molar-refractivity contribution < 1.29 is 9.84 Å². The molecule has 1 rings (SSSR count). The summed E-state index contributed by atoms with van der Waals surface area (Å²) in [5, 5.41) is 9.27. The molecule has 0 amide bonds. The van der Waals surface area contributed by atoms with Crippen molar-refractivity contribution in [3.63, 3.8) is 0 Å². The van der Waals surface area contributed by atoms with Crippen LogP contribution in [0.1, 0.15) is 37.7 Å². The van der Waals surface area contributed by atoms with E-state index in [1.54, 1.807) is 19.2 Å². The fourth-order valence-electron chi connectivity index (χ4n) is 2.44. The topological polar surface area (TPSA) is 29.5 Å². The van der Waals surface area contributed by atoms with E-state index in [-0.39, 0.29) is 0 Å². The largest absolute Gasteiger partial charge is 0.508 e. The molecule has 0 aliphatic heterocycles. The highest BCUT2D eigenvalue weighted by Gasteiger charge is 2.26. The zero-order chi connectivity index (χ0) is 15.6. The summed E-state index contributed by atoms with van der Waals surface area (Å²) >= 11 is 3.94. The van der Waals surface area contributed by atoms with Gasteiger partial charge in [0.1, 0.15) is 5.75 Å².